The van der Waals surface area contributed by atoms with Gasteiger partial charge in [0.15, 0.2) is 11.5 Å². The topological polar surface area (TPSA) is 62.9 Å². The molecule has 0 saturated carbocycles. The fourth-order valence-corrected chi connectivity index (χ4v) is 2.86. The first-order chi connectivity index (χ1) is 12.1. The molecular formula is C19H24FNO4. The zero-order chi connectivity index (χ0) is 18.4. The molecule has 2 aromatic rings. The summed E-state index contributed by atoms with van der Waals surface area (Å²) in [4.78, 5) is 0. The van der Waals surface area contributed by atoms with E-state index in [9.17, 15) is 4.39 Å². The van der Waals surface area contributed by atoms with E-state index in [1.807, 2.05) is 6.07 Å². The van der Waals surface area contributed by atoms with Crippen molar-refractivity contribution in [2.45, 2.75) is 12.3 Å². The van der Waals surface area contributed by atoms with Crippen LogP contribution in [-0.2, 0) is 6.42 Å². The number of halogens is 1. The minimum atomic E-state index is -0.325. The summed E-state index contributed by atoms with van der Waals surface area (Å²) in [6.07, 6.45) is 0.542. The molecule has 0 aliphatic heterocycles. The zero-order valence-electron chi connectivity index (χ0n) is 15.0. The fourth-order valence-electron chi connectivity index (χ4n) is 2.86. The molecule has 5 nitrogen and oxygen atoms in total. The first-order valence-corrected chi connectivity index (χ1v) is 7.90. The summed E-state index contributed by atoms with van der Waals surface area (Å²) in [7, 11) is 6.29. The van der Waals surface area contributed by atoms with Gasteiger partial charge in [-0.15, -0.1) is 0 Å². The molecule has 0 amide bonds. The number of ether oxygens (including phenoxy) is 4. The minimum absolute atomic E-state index is 0.141. The number of benzene rings is 2. The van der Waals surface area contributed by atoms with Crippen molar-refractivity contribution in [1.82, 2.24) is 0 Å². The average molecular weight is 349 g/mol. The average Bonchev–Trinajstić information content (AvgIpc) is 2.65. The van der Waals surface area contributed by atoms with Crippen LogP contribution in [0.25, 0.3) is 0 Å². The van der Waals surface area contributed by atoms with E-state index in [4.69, 9.17) is 24.7 Å². The van der Waals surface area contributed by atoms with E-state index < -0.39 is 0 Å². The van der Waals surface area contributed by atoms with Crippen LogP contribution in [0.1, 0.15) is 17.0 Å². The lowest BCUT2D eigenvalue weighted by Crippen LogP contribution is -2.16. The quantitative estimate of drug-likeness (QED) is 0.793. The molecule has 0 saturated heterocycles. The second-order valence-corrected chi connectivity index (χ2v) is 5.54. The lowest BCUT2D eigenvalue weighted by molar-refractivity contribution is 0.347. The Morgan fingerprint density at radius 3 is 2.00 bits per heavy atom. The molecule has 0 bridgehead atoms. The molecule has 0 heterocycles. The molecule has 6 heteroatoms. The molecule has 0 radical (unpaired) electrons. The van der Waals surface area contributed by atoms with Crippen LogP contribution in [0.3, 0.4) is 0 Å². The van der Waals surface area contributed by atoms with Gasteiger partial charge in [0, 0.05) is 17.5 Å². The molecule has 0 aliphatic rings. The Morgan fingerprint density at radius 1 is 0.840 bits per heavy atom. The van der Waals surface area contributed by atoms with Gasteiger partial charge >= 0.3 is 0 Å². The highest BCUT2D eigenvalue weighted by Gasteiger charge is 2.20. The second kappa shape index (κ2) is 8.58. The lowest BCUT2D eigenvalue weighted by Gasteiger charge is -2.21. The highest BCUT2D eigenvalue weighted by molar-refractivity contribution is 5.51. The third-order valence-corrected chi connectivity index (χ3v) is 4.17. The first kappa shape index (κ1) is 18.9. The SMILES string of the molecule is COc1cc(OC)c(OC)cc1CC(CN)c1cc(F)ccc1OC. The number of methoxy groups -OCH3 is 4. The first-order valence-electron chi connectivity index (χ1n) is 7.90. The van der Waals surface area contributed by atoms with E-state index in [2.05, 4.69) is 0 Å². The molecular weight excluding hydrogens is 325 g/mol. The van der Waals surface area contributed by atoms with Gasteiger partial charge in [0.05, 0.1) is 28.4 Å². The Labute approximate surface area is 147 Å². The molecule has 1 unspecified atom stereocenters. The maximum atomic E-state index is 13.7. The van der Waals surface area contributed by atoms with Gasteiger partial charge in [-0.2, -0.15) is 0 Å². The zero-order valence-corrected chi connectivity index (χ0v) is 15.0. The number of hydrogen-bond acceptors (Lipinski definition) is 5. The van der Waals surface area contributed by atoms with Gasteiger partial charge in [-0.1, -0.05) is 0 Å². The standard InChI is InChI=1S/C19H24FNO4/c1-22-16-6-5-14(20)9-15(16)13(11-21)7-12-8-18(24-3)19(25-4)10-17(12)23-2/h5-6,8-10,13H,7,11,21H2,1-4H3. The molecule has 2 aromatic carbocycles. The van der Waals surface area contributed by atoms with Crippen LogP contribution < -0.4 is 24.7 Å². The second-order valence-electron chi connectivity index (χ2n) is 5.54. The Kier molecular flexibility index (Phi) is 6.47. The van der Waals surface area contributed by atoms with E-state index in [-0.39, 0.29) is 11.7 Å². The maximum Gasteiger partial charge on any atom is 0.164 e. The van der Waals surface area contributed by atoms with Crippen LogP contribution in [0.5, 0.6) is 23.0 Å². The molecule has 0 spiro atoms. The Bertz CT molecular complexity index is 721. The summed E-state index contributed by atoms with van der Waals surface area (Å²) in [5.74, 6) is 1.98. The third kappa shape index (κ3) is 4.14. The molecule has 0 fully saturated rings. The van der Waals surface area contributed by atoms with Crippen molar-refractivity contribution in [3.05, 3.63) is 47.3 Å². The molecule has 25 heavy (non-hydrogen) atoms. The van der Waals surface area contributed by atoms with Crippen LogP contribution in [-0.4, -0.2) is 35.0 Å². The normalized spacial score (nSPS) is 11.8. The highest BCUT2D eigenvalue weighted by Crippen LogP contribution is 2.38. The summed E-state index contributed by atoms with van der Waals surface area (Å²) >= 11 is 0. The van der Waals surface area contributed by atoms with Gasteiger partial charge in [-0.05, 0) is 42.8 Å². The summed E-state index contributed by atoms with van der Waals surface area (Å²) in [6, 6.07) is 8.06. The van der Waals surface area contributed by atoms with Crippen molar-refractivity contribution in [1.29, 1.82) is 0 Å². The van der Waals surface area contributed by atoms with Gasteiger partial charge in [0.2, 0.25) is 0 Å². The Hall–Kier alpha value is -2.47. The van der Waals surface area contributed by atoms with Gasteiger partial charge in [-0.3, -0.25) is 0 Å². The van der Waals surface area contributed by atoms with E-state index in [0.29, 0.717) is 36.0 Å². The van der Waals surface area contributed by atoms with Crippen LogP contribution in [0.2, 0.25) is 0 Å². The van der Waals surface area contributed by atoms with Gasteiger partial charge in [0.25, 0.3) is 0 Å². The predicted octanol–water partition coefficient (Wildman–Crippen LogP) is 3.15. The minimum Gasteiger partial charge on any atom is -0.496 e. The molecule has 0 aromatic heterocycles. The van der Waals surface area contributed by atoms with Crippen molar-refractivity contribution in [3.63, 3.8) is 0 Å². The molecule has 1 atom stereocenters. The fraction of sp³-hybridized carbons (Fsp3) is 0.368. The van der Waals surface area contributed by atoms with Crippen LogP contribution in [0, 0.1) is 5.82 Å². The predicted molar refractivity (Wildman–Crippen MR) is 94.5 cm³/mol. The van der Waals surface area contributed by atoms with Gasteiger partial charge in [-0.25, -0.2) is 4.39 Å². The van der Waals surface area contributed by atoms with E-state index >= 15 is 0 Å². The van der Waals surface area contributed by atoms with Gasteiger partial charge in [0.1, 0.15) is 17.3 Å². The van der Waals surface area contributed by atoms with Gasteiger partial charge < -0.3 is 24.7 Å². The maximum absolute atomic E-state index is 13.7. The molecule has 2 N–H and O–H groups in total. The monoisotopic (exact) mass is 349 g/mol. The number of rotatable bonds is 8. The van der Waals surface area contributed by atoms with Crippen molar-refractivity contribution in [2.24, 2.45) is 5.73 Å². The smallest absolute Gasteiger partial charge is 0.164 e. The largest absolute Gasteiger partial charge is 0.496 e. The van der Waals surface area contributed by atoms with Crippen LogP contribution in [0.15, 0.2) is 30.3 Å². The molecule has 2 rings (SSSR count). The van der Waals surface area contributed by atoms with Crippen molar-refractivity contribution in [2.75, 3.05) is 35.0 Å². The lowest BCUT2D eigenvalue weighted by atomic mass is 9.90. The Morgan fingerprint density at radius 2 is 1.44 bits per heavy atom. The summed E-state index contributed by atoms with van der Waals surface area (Å²) in [5.41, 5.74) is 7.58. The molecule has 136 valence electrons. The third-order valence-electron chi connectivity index (χ3n) is 4.17. The van der Waals surface area contributed by atoms with E-state index in [1.165, 1.54) is 12.1 Å². The number of nitrogens with two attached hydrogens (primary N) is 1. The summed E-state index contributed by atoms with van der Waals surface area (Å²) in [6.45, 7) is 0.331. The van der Waals surface area contributed by atoms with Crippen LogP contribution in [0.4, 0.5) is 4.39 Å². The van der Waals surface area contributed by atoms with Crippen LogP contribution >= 0.6 is 0 Å². The number of hydrogen-bond donors (Lipinski definition) is 1. The van der Waals surface area contributed by atoms with Crippen molar-refractivity contribution >= 4 is 0 Å². The highest BCUT2D eigenvalue weighted by atomic mass is 19.1. The van der Waals surface area contributed by atoms with Crippen molar-refractivity contribution < 1.29 is 23.3 Å². The van der Waals surface area contributed by atoms with E-state index in [0.717, 1.165) is 11.1 Å². The summed E-state index contributed by atoms with van der Waals surface area (Å²) < 4.78 is 35.2. The molecule has 0 aliphatic carbocycles. The Balaban J connectivity index is 2.44. The summed E-state index contributed by atoms with van der Waals surface area (Å²) in [5, 5.41) is 0. The van der Waals surface area contributed by atoms with E-state index in [1.54, 1.807) is 40.6 Å². The van der Waals surface area contributed by atoms with Crippen molar-refractivity contribution in [3.8, 4) is 23.0 Å².